The molecule has 0 aromatic carbocycles. The average Bonchev–Trinajstić information content (AvgIpc) is 3.11. The van der Waals surface area contributed by atoms with E-state index in [2.05, 4.69) is 24.8 Å². The molecule has 23 heavy (non-hydrogen) atoms. The monoisotopic (exact) mass is 317 g/mol. The van der Waals surface area contributed by atoms with Crippen molar-refractivity contribution in [3.8, 4) is 5.88 Å². The van der Waals surface area contributed by atoms with Gasteiger partial charge in [0.2, 0.25) is 5.88 Å². The molecule has 2 aromatic heterocycles. The molecular weight excluding hydrogens is 294 g/mol. The van der Waals surface area contributed by atoms with E-state index in [4.69, 9.17) is 9.47 Å². The first-order chi connectivity index (χ1) is 11.1. The van der Waals surface area contributed by atoms with Crippen molar-refractivity contribution in [3.63, 3.8) is 0 Å². The number of imidazole rings is 1. The molecule has 7 heteroatoms. The lowest BCUT2D eigenvalue weighted by molar-refractivity contribution is 0.107. The van der Waals surface area contributed by atoms with Gasteiger partial charge in [0.15, 0.2) is 0 Å². The molecule has 1 saturated heterocycles. The molecule has 0 saturated carbocycles. The minimum absolute atomic E-state index is 0.180. The fourth-order valence-corrected chi connectivity index (χ4v) is 3.05. The van der Waals surface area contributed by atoms with Crippen LogP contribution in [0.3, 0.4) is 0 Å². The lowest BCUT2D eigenvalue weighted by atomic mass is 10.2. The predicted molar refractivity (Wildman–Crippen MR) is 85.2 cm³/mol. The van der Waals surface area contributed by atoms with E-state index >= 15 is 0 Å². The van der Waals surface area contributed by atoms with Crippen LogP contribution in [0.4, 0.5) is 0 Å². The fourth-order valence-electron chi connectivity index (χ4n) is 3.05. The molecule has 1 fully saturated rings. The molecule has 0 unspecified atom stereocenters. The van der Waals surface area contributed by atoms with E-state index in [0.29, 0.717) is 12.4 Å². The van der Waals surface area contributed by atoms with Crippen molar-refractivity contribution in [1.82, 2.24) is 24.8 Å². The van der Waals surface area contributed by atoms with Crippen LogP contribution in [0.25, 0.3) is 0 Å². The van der Waals surface area contributed by atoms with Crippen LogP contribution in [0.1, 0.15) is 35.4 Å². The maximum absolute atomic E-state index is 5.57. The Hall–Kier alpha value is -1.99. The van der Waals surface area contributed by atoms with E-state index in [-0.39, 0.29) is 12.1 Å². The summed E-state index contributed by atoms with van der Waals surface area (Å²) < 4.78 is 10.9. The molecule has 2 aromatic rings. The number of hydrogen-bond acceptors (Lipinski definition) is 6. The molecule has 3 rings (SSSR count). The number of likely N-dealkylation sites (tertiary alicyclic amines) is 1. The first kappa shape index (κ1) is 15.9. The van der Waals surface area contributed by atoms with Crippen LogP contribution in [0.15, 0.2) is 12.4 Å². The van der Waals surface area contributed by atoms with Gasteiger partial charge in [0, 0.05) is 38.3 Å². The van der Waals surface area contributed by atoms with Crippen LogP contribution in [0, 0.1) is 13.8 Å². The summed E-state index contributed by atoms with van der Waals surface area (Å²) in [6, 6.07) is 0.180. The van der Waals surface area contributed by atoms with Gasteiger partial charge in [-0.25, -0.2) is 9.97 Å². The standard InChI is InChI=1S/C16H23N5O2/c1-10-11(2)20-15(19-10)14-7-12(22-3)8-21(14)9-13-16(23-4)18-6-5-17-13/h5-6,12,14H,7-9H2,1-4H3,(H,19,20)/t12-,14+/m1/s1. The second-order valence-electron chi connectivity index (χ2n) is 5.88. The Morgan fingerprint density at radius 2 is 2.04 bits per heavy atom. The number of methoxy groups -OCH3 is 2. The molecule has 124 valence electrons. The number of aromatic amines is 1. The van der Waals surface area contributed by atoms with Crippen molar-refractivity contribution in [2.75, 3.05) is 20.8 Å². The number of H-pyrrole nitrogens is 1. The Kier molecular flexibility index (Phi) is 4.58. The summed E-state index contributed by atoms with van der Waals surface area (Å²) in [5.74, 6) is 1.56. The number of rotatable bonds is 5. The fraction of sp³-hybridized carbons (Fsp3) is 0.562. The summed E-state index contributed by atoms with van der Waals surface area (Å²) >= 11 is 0. The summed E-state index contributed by atoms with van der Waals surface area (Å²) in [5.41, 5.74) is 2.98. The van der Waals surface area contributed by atoms with Gasteiger partial charge in [0.1, 0.15) is 11.5 Å². The summed E-state index contributed by atoms with van der Waals surface area (Å²) in [7, 11) is 3.37. The second kappa shape index (κ2) is 6.64. The Morgan fingerprint density at radius 3 is 2.70 bits per heavy atom. The van der Waals surface area contributed by atoms with E-state index in [1.54, 1.807) is 26.6 Å². The van der Waals surface area contributed by atoms with Gasteiger partial charge >= 0.3 is 0 Å². The molecule has 7 nitrogen and oxygen atoms in total. The SMILES string of the molecule is COc1nccnc1CN1C[C@H](OC)C[C@H]1c1nc(C)c(C)[nH]1. The third kappa shape index (κ3) is 3.20. The lowest BCUT2D eigenvalue weighted by Gasteiger charge is -2.22. The molecule has 0 aliphatic carbocycles. The molecule has 2 atom stereocenters. The van der Waals surface area contributed by atoms with E-state index in [9.17, 15) is 0 Å². The van der Waals surface area contributed by atoms with Crippen molar-refractivity contribution in [2.45, 2.75) is 39.0 Å². The summed E-state index contributed by atoms with van der Waals surface area (Å²) in [6.07, 6.45) is 4.43. The van der Waals surface area contributed by atoms with Crippen LogP contribution >= 0.6 is 0 Å². The van der Waals surface area contributed by atoms with Crippen molar-refractivity contribution < 1.29 is 9.47 Å². The van der Waals surface area contributed by atoms with Crippen molar-refractivity contribution in [3.05, 3.63) is 35.3 Å². The second-order valence-corrected chi connectivity index (χ2v) is 5.88. The normalized spacial score (nSPS) is 21.7. The number of nitrogens with one attached hydrogen (secondary N) is 1. The van der Waals surface area contributed by atoms with Gasteiger partial charge in [0.05, 0.1) is 24.9 Å². The highest BCUT2D eigenvalue weighted by Gasteiger charge is 2.35. The van der Waals surface area contributed by atoms with Crippen molar-refractivity contribution in [1.29, 1.82) is 0 Å². The largest absolute Gasteiger partial charge is 0.480 e. The minimum Gasteiger partial charge on any atom is -0.480 e. The first-order valence-electron chi connectivity index (χ1n) is 7.76. The van der Waals surface area contributed by atoms with Crippen molar-refractivity contribution >= 4 is 0 Å². The van der Waals surface area contributed by atoms with Crippen LogP contribution in [-0.4, -0.2) is 51.7 Å². The number of aryl methyl sites for hydroxylation is 2. The number of hydrogen-bond donors (Lipinski definition) is 1. The topological polar surface area (TPSA) is 76.2 Å². The zero-order valence-corrected chi connectivity index (χ0v) is 14.0. The van der Waals surface area contributed by atoms with Crippen LogP contribution in [0.5, 0.6) is 5.88 Å². The smallest absolute Gasteiger partial charge is 0.236 e. The van der Waals surface area contributed by atoms with E-state index in [1.165, 1.54) is 0 Å². The Bertz CT molecular complexity index is 653. The zero-order chi connectivity index (χ0) is 16.4. The molecule has 0 bridgehead atoms. The molecule has 1 aliphatic heterocycles. The molecule has 1 N–H and O–H groups in total. The lowest BCUT2D eigenvalue weighted by Crippen LogP contribution is -2.26. The quantitative estimate of drug-likeness (QED) is 0.906. The van der Waals surface area contributed by atoms with Gasteiger partial charge < -0.3 is 14.5 Å². The highest BCUT2D eigenvalue weighted by atomic mass is 16.5. The average molecular weight is 317 g/mol. The third-order valence-electron chi connectivity index (χ3n) is 4.44. The summed E-state index contributed by atoms with van der Waals surface area (Å²) in [5, 5.41) is 0. The molecule has 1 aliphatic rings. The van der Waals surface area contributed by atoms with E-state index in [0.717, 1.165) is 35.9 Å². The highest BCUT2D eigenvalue weighted by Crippen LogP contribution is 2.34. The minimum atomic E-state index is 0.180. The van der Waals surface area contributed by atoms with Gasteiger partial charge in [-0.3, -0.25) is 9.88 Å². The van der Waals surface area contributed by atoms with Gasteiger partial charge in [-0.1, -0.05) is 0 Å². The Morgan fingerprint density at radius 1 is 1.26 bits per heavy atom. The Labute approximate surface area is 136 Å². The third-order valence-corrected chi connectivity index (χ3v) is 4.44. The first-order valence-corrected chi connectivity index (χ1v) is 7.76. The molecule has 0 spiro atoms. The van der Waals surface area contributed by atoms with Crippen LogP contribution in [0.2, 0.25) is 0 Å². The van der Waals surface area contributed by atoms with Gasteiger partial charge in [-0.15, -0.1) is 0 Å². The van der Waals surface area contributed by atoms with Gasteiger partial charge in [-0.2, -0.15) is 0 Å². The predicted octanol–water partition coefficient (Wildman–Crippen LogP) is 1.79. The number of nitrogens with zero attached hydrogens (tertiary/aromatic N) is 4. The van der Waals surface area contributed by atoms with E-state index < -0.39 is 0 Å². The molecular formula is C16H23N5O2. The summed E-state index contributed by atoms with van der Waals surface area (Å²) in [6.45, 7) is 5.55. The molecule has 3 heterocycles. The van der Waals surface area contributed by atoms with Crippen LogP contribution < -0.4 is 4.74 Å². The maximum atomic E-state index is 5.57. The van der Waals surface area contributed by atoms with E-state index in [1.807, 2.05) is 13.8 Å². The summed E-state index contributed by atoms with van der Waals surface area (Å²) in [4.78, 5) is 19.0. The zero-order valence-electron chi connectivity index (χ0n) is 14.0. The maximum Gasteiger partial charge on any atom is 0.236 e. The highest BCUT2D eigenvalue weighted by molar-refractivity contribution is 5.19. The molecule has 0 amide bonds. The Balaban J connectivity index is 1.85. The number of ether oxygens (including phenoxy) is 2. The number of aromatic nitrogens is 4. The van der Waals surface area contributed by atoms with Crippen LogP contribution in [-0.2, 0) is 11.3 Å². The van der Waals surface area contributed by atoms with Gasteiger partial charge in [0.25, 0.3) is 0 Å². The van der Waals surface area contributed by atoms with Crippen molar-refractivity contribution in [2.24, 2.45) is 0 Å². The molecule has 0 radical (unpaired) electrons. The van der Waals surface area contributed by atoms with Gasteiger partial charge in [-0.05, 0) is 20.3 Å².